The van der Waals surface area contributed by atoms with Crippen LogP contribution < -0.4 is 5.32 Å². The molecule has 1 N–H and O–H groups in total. The van der Waals surface area contributed by atoms with Crippen LogP contribution in [0.4, 0.5) is 10.5 Å². The molecule has 3 aromatic rings. The SMILES string of the molecule is O=C(Nc1ccccc1)c1sc(CCN2CCOC2=O)nc1-c1ccccc1. The van der Waals surface area contributed by atoms with E-state index in [9.17, 15) is 9.59 Å². The molecule has 1 fully saturated rings. The van der Waals surface area contributed by atoms with E-state index >= 15 is 0 Å². The lowest BCUT2D eigenvalue weighted by Crippen LogP contribution is -2.26. The second-order valence-electron chi connectivity index (χ2n) is 6.32. The molecule has 2 heterocycles. The quantitative estimate of drug-likeness (QED) is 0.686. The first-order valence-electron chi connectivity index (χ1n) is 9.04. The summed E-state index contributed by atoms with van der Waals surface area (Å²) < 4.78 is 4.96. The van der Waals surface area contributed by atoms with Gasteiger partial charge in [-0.05, 0) is 12.1 Å². The number of benzene rings is 2. The van der Waals surface area contributed by atoms with Crippen LogP contribution in [0.3, 0.4) is 0 Å². The van der Waals surface area contributed by atoms with E-state index < -0.39 is 0 Å². The maximum Gasteiger partial charge on any atom is 0.409 e. The van der Waals surface area contributed by atoms with Crippen LogP contribution >= 0.6 is 11.3 Å². The average molecular weight is 393 g/mol. The Balaban J connectivity index is 1.58. The highest BCUT2D eigenvalue weighted by Gasteiger charge is 2.24. The van der Waals surface area contributed by atoms with Crippen LogP contribution in [0.2, 0.25) is 0 Å². The largest absolute Gasteiger partial charge is 0.448 e. The molecule has 1 aliphatic heterocycles. The summed E-state index contributed by atoms with van der Waals surface area (Å²) in [5.74, 6) is -0.186. The first-order valence-corrected chi connectivity index (χ1v) is 9.85. The van der Waals surface area contributed by atoms with E-state index in [1.807, 2.05) is 60.7 Å². The predicted octanol–water partition coefficient (Wildman–Crippen LogP) is 4.06. The molecule has 4 rings (SSSR count). The van der Waals surface area contributed by atoms with Gasteiger partial charge >= 0.3 is 6.09 Å². The van der Waals surface area contributed by atoms with Gasteiger partial charge in [0.05, 0.1) is 17.2 Å². The monoisotopic (exact) mass is 393 g/mol. The van der Waals surface area contributed by atoms with Gasteiger partial charge in [-0.25, -0.2) is 9.78 Å². The minimum absolute atomic E-state index is 0.186. The number of carbonyl (C=O) groups excluding carboxylic acids is 2. The summed E-state index contributed by atoms with van der Waals surface area (Å²) >= 11 is 1.36. The lowest BCUT2D eigenvalue weighted by Gasteiger charge is -2.10. The van der Waals surface area contributed by atoms with E-state index in [4.69, 9.17) is 9.72 Å². The Morgan fingerprint density at radius 3 is 2.50 bits per heavy atom. The molecule has 1 aliphatic rings. The van der Waals surface area contributed by atoms with Gasteiger partial charge in [-0.15, -0.1) is 11.3 Å². The van der Waals surface area contributed by atoms with Gasteiger partial charge in [0, 0.05) is 24.2 Å². The number of hydrogen-bond acceptors (Lipinski definition) is 5. The Labute approximate surface area is 166 Å². The second kappa shape index (κ2) is 8.22. The molecule has 0 radical (unpaired) electrons. The zero-order valence-electron chi connectivity index (χ0n) is 15.1. The molecule has 142 valence electrons. The predicted molar refractivity (Wildman–Crippen MR) is 109 cm³/mol. The first kappa shape index (κ1) is 18.2. The van der Waals surface area contributed by atoms with Crippen molar-refractivity contribution in [2.45, 2.75) is 6.42 Å². The van der Waals surface area contributed by atoms with Crippen molar-refractivity contribution in [2.75, 3.05) is 25.0 Å². The van der Waals surface area contributed by atoms with E-state index in [2.05, 4.69) is 5.32 Å². The van der Waals surface area contributed by atoms with Gasteiger partial charge in [0.15, 0.2) is 0 Å². The molecule has 0 bridgehead atoms. The fourth-order valence-electron chi connectivity index (χ4n) is 2.99. The van der Waals surface area contributed by atoms with Crippen LogP contribution in [0, 0.1) is 0 Å². The minimum Gasteiger partial charge on any atom is -0.448 e. The number of rotatable bonds is 6. The highest BCUT2D eigenvalue weighted by molar-refractivity contribution is 7.14. The lowest BCUT2D eigenvalue weighted by atomic mass is 10.1. The number of aromatic nitrogens is 1. The van der Waals surface area contributed by atoms with Gasteiger partial charge in [0.25, 0.3) is 5.91 Å². The Bertz CT molecular complexity index is 973. The number of cyclic esters (lactones) is 1. The van der Waals surface area contributed by atoms with Crippen LogP contribution in [0.15, 0.2) is 60.7 Å². The fraction of sp³-hybridized carbons (Fsp3) is 0.190. The number of thiazole rings is 1. The summed E-state index contributed by atoms with van der Waals surface area (Å²) in [6.45, 7) is 1.55. The minimum atomic E-state index is -0.290. The van der Waals surface area contributed by atoms with E-state index in [-0.39, 0.29) is 12.0 Å². The van der Waals surface area contributed by atoms with Gasteiger partial charge in [-0.2, -0.15) is 0 Å². The Morgan fingerprint density at radius 2 is 1.82 bits per heavy atom. The van der Waals surface area contributed by atoms with E-state index in [0.717, 1.165) is 16.3 Å². The number of ether oxygens (including phenoxy) is 1. The zero-order valence-corrected chi connectivity index (χ0v) is 15.9. The molecular formula is C21H19N3O3S. The number of para-hydroxylation sites is 1. The van der Waals surface area contributed by atoms with Crippen molar-refractivity contribution in [1.82, 2.24) is 9.88 Å². The van der Waals surface area contributed by atoms with E-state index in [0.29, 0.717) is 36.7 Å². The van der Waals surface area contributed by atoms with Crippen molar-refractivity contribution in [3.8, 4) is 11.3 Å². The number of nitrogens with one attached hydrogen (secondary N) is 1. The Hall–Kier alpha value is -3.19. The normalized spacial score (nSPS) is 13.4. The lowest BCUT2D eigenvalue weighted by molar-refractivity contribution is 0.103. The standard InChI is InChI=1S/C21H19N3O3S/c25-20(22-16-9-5-2-6-10-16)19-18(15-7-3-1-4-8-15)23-17(28-19)11-12-24-13-14-27-21(24)26/h1-10H,11-14H2,(H,22,25). The zero-order chi connectivity index (χ0) is 19.3. The van der Waals surface area contributed by atoms with Crippen LogP contribution in [-0.4, -0.2) is 41.6 Å². The number of amides is 2. The average Bonchev–Trinajstić information content (AvgIpc) is 3.34. The number of anilines is 1. The first-order chi connectivity index (χ1) is 13.7. The summed E-state index contributed by atoms with van der Waals surface area (Å²) in [7, 11) is 0. The number of nitrogens with zero attached hydrogens (tertiary/aromatic N) is 2. The molecule has 1 aromatic heterocycles. The number of hydrogen-bond donors (Lipinski definition) is 1. The molecule has 6 nitrogen and oxygen atoms in total. The molecule has 28 heavy (non-hydrogen) atoms. The Morgan fingerprint density at radius 1 is 1.11 bits per heavy atom. The molecule has 0 atom stereocenters. The van der Waals surface area contributed by atoms with Crippen molar-refractivity contribution >= 4 is 29.0 Å². The molecule has 1 saturated heterocycles. The van der Waals surface area contributed by atoms with Crippen molar-refractivity contribution < 1.29 is 14.3 Å². The van der Waals surface area contributed by atoms with E-state index in [1.165, 1.54) is 11.3 Å². The summed E-state index contributed by atoms with van der Waals surface area (Å²) in [4.78, 5) is 31.5. The van der Waals surface area contributed by atoms with Crippen LogP contribution in [-0.2, 0) is 11.2 Å². The fourth-order valence-corrected chi connectivity index (χ4v) is 3.96. The summed E-state index contributed by atoms with van der Waals surface area (Å²) in [5, 5.41) is 3.75. The van der Waals surface area contributed by atoms with Gasteiger partial charge in [0.1, 0.15) is 11.5 Å². The van der Waals surface area contributed by atoms with Gasteiger partial charge < -0.3 is 15.0 Å². The maximum atomic E-state index is 12.9. The smallest absolute Gasteiger partial charge is 0.409 e. The molecule has 2 aromatic carbocycles. The van der Waals surface area contributed by atoms with E-state index in [1.54, 1.807) is 4.90 Å². The highest BCUT2D eigenvalue weighted by Crippen LogP contribution is 2.29. The molecular weight excluding hydrogens is 374 g/mol. The number of carbonyl (C=O) groups is 2. The third kappa shape index (κ3) is 4.04. The van der Waals surface area contributed by atoms with Gasteiger partial charge in [-0.3, -0.25) is 4.79 Å². The molecule has 0 aliphatic carbocycles. The molecule has 2 amide bonds. The van der Waals surface area contributed by atoms with Crippen LogP contribution in [0.5, 0.6) is 0 Å². The third-order valence-corrected chi connectivity index (χ3v) is 5.51. The summed E-state index contributed by atoms with van der Waals surface area (Å²) in [5.41, 5.74) is 2.29. The summed E-state index contributed by atoms with van der Waals surface area (Å²) in [6, 6.07) is 19.0. The van der Waals surface area contributed by atoms with Gasteiger partial charge in [0.2, 0.25) is 0 Å². The van der Waals surface area contributed by atoms with Crippen molar-refractivity contribution in [3.05, 3.63) is 70.5 Å². The van der Waals surface area contributed by atoms with Gasteiger partial charge in [-0.1, -0.05) is 48.5 Å². The topological polar surface area (TPSA) is 71.5 Å². The van der Waals surface area contributed by atoms with Crippen molar-refractivity contribution in [2.24, 2.45) is 0 Å². The van der Waals surface area contributed by atoms with Crippen molar-refractivity contribution in [3.63, 3.8) is 0 Å². The van der Waals surface area contributed by atoms with Crippen LogP contribution in [0.25, 0.3) is 11.3 Å². The third-order valence-electron chi connectivity index (χ3n) is 4.40. The molecule has 7 heteroatoms. The second-order valence-corrected chi connectivity index (χ2v) is 7.41. The maximum absolute atomic E-state index is 12.9. The van der Waals surface area contributed by atoms with Crippen LogP contribution in [0.1, 0.15) is 14.7 Å². The van der Waals surface area contributed by atoms with Crippen molar-refractivity contribution in [1.29, 1.82) is 0 Å². The Kier molecular flexibility index (Phi) is 5.34. The molecule has 0 saturated carbocycles. The molecule has 0 unspecified atom stereocenters. The summed E-state index contributed by atoms with van der Waals surface area (Å²) in [6.07, 6.45) is 0.292. The molecule has 0 spiro atoms. The highest BCUT2D eigenvalue weighted by atomic mass is 32.1.